The molecule has 11 rings (SSSR count). The molecule has 0 nitrogen and oxygen atoms in total. The minimum absolute atomic E-state index is 0.251. The van der Waals surface area contributed by atoms with Crippen molar-refractivity contribution in [3.05, 3.63) is 317 Å². The van der Waals surface area contributed by atoms with E-state index in [1.807, 2.05) is 0 Å². The van der Waals surface area contributed by atoms with Crippen molar-refractivity contribution in [1.82, 2.24) is 0 Å². The lowest BCUT2D eigenvalue weighted by molar-refractivity contribution is 0.449. The Labute approximate surface area is 866 Å². The van der Waals surface area contributed by atoms with Crippen molar-refractivity contribution in [2.75, 3.05) is 0 Å². The zero-order chi connectivity index (χ0) is 109. The Kier molecular flexibility index (Phi) is 43.7. The summed E-state index contributed by atoms with van der Waals surface area (Å²) in [6, 6.07) is 53.9. The normalized spacial score (nSPS) is 15.5. The van der Waals surface area contributed by atoms with Crippen LogP contribution in [0.4, 0.5) is 0 Å². The predicted molar refractivity (Wildman–Crippen MR) is 633 cm³/mol. The van der Waals surface area contributed by atoms with Gasteiger partial charge in [-0.3, -0.25) is 0 Å². The average Bonchev–Trinajstić information content (AvgIpc) is 1.64. The highest BCUT2D eigenvalue weighted by molar-refractivity contribution is 5.55. The van der Waals surface area contributed by atoms with Gasteiger partial charge >= 0.3 is 0 Å². The molecule has 0 heteroatoms. The Hall–Kier alpha value is -7.02. The quantitative estimate of drug-likeness (QED) is 0.142. The van der Waals surface area contributed by atoms with Crippen LogP contribution in [0.25, 0.3) is 0 Å². The molecular weight excluding hydrogens is 1670 g/mol. The molecule has 0 unspecified atom stereocenters. The zero-order valence-electron chi connectivity index (χ0n) is 103. The molecule has 6 aromatic rings. The summed E-state index contributed by atoms with van der Waals surface area (Å²) in [5.74, 6) is 0. The van der Waals surface area contributed by atoms with Gasteiger partial charge < -0.3 is 0 Å². The molecule has 0 N–H and O–H groups in total. The van der Waals surface area contributed by atoms with E-state index in [4.69, 9.17) is 0 Å². The maximum Gasteiger partial charge on any atom is -0.00558 e. The van der Waals surface area contributed by atoms with Crippen molar-refractivity contribution in [1.29, 1.82) is 0 Å². The lowest BCUT2D eigenvalue weighted by Gasteiger charge is -2.31. The maximum absolute atomic E-state index is 2.45. The minimum atomic E-state index is 0.251. The Balaban J connectivity index is 0.000000523. The van der Waals surface area contributed by atoms with Gasteiger partial charge in [-0.25, -0.2) is 0 Å². The summed E-state index contributed by atoms with van der Waals surface area (Å²) in [5.41, 5.74) is 38.3. The molecule has 0 spiro atoms. The van der Waals surface area contributed by atoms with E-state index in [0.717, 1.165) is 12.8 Å². The van der Waals surface area contributed by atoms with Gasteiger partial charge in [-0.2, -0.15) is 0 Å². The van der Waals surface area contributed by atoms with Crippen molar-refractivity contribution in [2.45, 2.75) is 513 Å². The van der Waals surface area contributed by atoms with E-state index in [-0.39, 0.29) is 65.0 Å². The molecule has 0 aromatic heterocycles. The first-order valence-corrected chi connectivity index (χ1v) is 53.6. The molecule has 0 radical (unpaired) electrons. The average molecular weight is 1890 g/mol. The topological polar surface area (TPSA) is 0 Å². The molecule has 0 heterocycles. The Morgan fingerprint density at radius 3 is 0.460 bits per heavy atom. The van der Waals surface area contributed by atoms with Gasteiger partial charge in [-0.1, -0.05) is 637 Å². The molecule has 5 aliphatic carbocycles. The lowest BCUT2D eigenvalue weighted by Crippen LogP contribution is -2.18. The van der Waals surface area contributed by atoms with Crippen LogP contribution < -0.4 is 0 Å². The molecule has 0 amide bonds. The molecule has 0 bridgehead atoms. The van der Waals surface area contributed by atoms with Crippen LogP contribution in [0.2, 0.25) is 0 Å². The van der Waals surface area contributed by atoms with Crippen molar-refractivity contribution in [2.24, 2.45) is 43.3 Å². The summed E-state index contributed by atoms with van der Waals surface area (Å²) in [7, 11) is 0. The van der Waals surface area contributed by atoms with Crippen molar-refractivity contribution in [3.8, 4) is 0 Å². The molecule has 6 aromatic carbocycles. The standard InChI is InChI=1S/C16H24.6C14H22.3C13H22/c1-15(2,3)13-7-11-9-14(16(4,5)6)10-12(11)8-13;4*1-13(2,3)11-7-9-12(10-8-11)14(4,5)6;2*1-13(2,3)11-8-7-9-12(10-11)14(4,5)6;2*1-12(2,3)10-7-8-11(9-10)13(4,5)6;1-12(2,3)10-8-7-9-11(10)13(4,5)6/h7,10H,8-9H2,1-6H3;6*7-10H,1-6H3;7,9H,8H2,1-6H3;7-8H,9H2,1-6H3;8-9H,7H2,1-6H3. The maximum atomic E-state index is 2.45. The summed E-state index contributed by atoms with van der Waals surface area (Å²) in [4.78, 5) is 0. The second kappa shape index (κ2) is 47.4. The van der Waals surface area contributed by atoms with Crippen molar-refractivity contribution >= 4 is 0 Å². The second-order valence-electron chi connectivity index (χ2n) is 61.8. The van der Waals surface area contributed by atoms with Crippen LogP contribution >= 0.6 is 0 Å². The van der Waals surface area contributed by atoms with Crippen LogP contribution in [0.5, 0.6) is 0 Å². The van der Waals surface area contributed by atoms with Crippen molar-refractivity contribution < 1.29 is 0 Å². The number of allylic oxidation sites excluding steroid dienone is 18. The van der Waals surface area contributed by atoms with Crippen LogP contribution in [0.1, 0.15) is 514 Å². The SMILES string of the molecule is CC(C)(C)C1=CC2=C(C=C(C(C)(C)C)C2)C1.CC(C)(C)C1=CC=C(C(C)(C)C)C1.CC(C)(C)C1=CCC(C(C)(C)C)=C1.CC(C)(C)C1=CCC=C1C(C)(C)C.CC(C)(C)c1ccc(C(C)(C)C)cc1.CC(C)(C)c1ccc(C(C)(C)C)cc1.CC(C)(C)c1ccc(C(C)(C)C)cc1.CC(C)(C)c1ccc(C(C)(C)C)cc1.CC(C)(C)c1cccc(C(C)(C)C)c1.CC(C)(C)c1cccc(C(C)(C)C)c1. The lowest BCUT2D eigenvalue weighted by atomic mass is 9.74. The van der Waals surface area contributed by atoms with Gasteiger partial charge in [0, 0.05) is 0 Å². The Bertz CT molecular complexity index is 4500. The first-order chi connectivity index (χ1) is 61.6. The molecule has 0 fully saturated rings. The molecule has 0 atom stereocenters. The van der Waals surface area contributed by atoms with Gasteiger partial charge in [0.2, 0.25) is 0 Å². The summed E-state index contributed by atoms with van der Waals surface area (Å²) in [5, 5.41) is 0. The summed E-state index contributed by atoms with van der Waals surface area (Å²) >= 11 is 0. The largest absolute Gasteiger partial charge is 0.0767 e. The van der Waals surface area contributed by atoms with Crippen LogP contribution in [0.3, 0.4) is 0 Å². The number of hydrogen-bond donors (Lipinski definition) is 0. The highest BCUT2D eigenvalue weighted by Crippen LogP contribution is 2.49. The monoisotopic (exact) mass is 1890 g/mol. The zero-order valence-corrected chi connectivity index (χ0v) is 103. The van der Waals surface area contributed by atoms with E-state index in [0.29, 0.717) is 43.3 Å². The summed E-state index contributed by atoms with van der Waals surface area (Å²) in [6.07, 6.45) is 24.8. The summed E-state index contributed by atoms with van der Waals surface area (Å²) in [6.45, 7) is 136. The third-order valence-electron chi connectivity index (χ3n) is 27.5. The first kappa shape index (κ1) is 128. The van der Waals surface area contributed by atoms with Gasteiger partial charge in [-0.05, 0) is 235 Å². The minimum Gasteiger partial charge on any atom is -0.0767 e. The predicted octanol–water partition coefficient (Wildman–Crippen LogP) is 43.7. The second-order valence-corrected chi connectivity index (χ2v) is 61.8. The molecule has 5 aliphatic rings. The fourth-order valence-corrected chi connectivity index (χ4v) is 16.3. The highest BCUT2D eigenvalue weighted by atomic mass is 14.4. The summed E-state index contributed by atoms with van der Waals surface area (Å²) < 4.78 is 0. The Morgan fingerprint density at radius 1 is 0.151 bits per heavy atom. The van der Waals surface area contributed by atoms with Gasteiger partial charge in [-0.15, -0.1) is 0 Å². The van der Waals surface area contributed by atoms with Crippen molar-refractivity contribution in [3.63, 3.8) is 0 Å². The Morgan fingerprint density at radius 2 is 0.331 bits per heavy atom. The van der Waals surface area contributed by atoms with Crippen LogP contribution in [-0.2, 0) is 65.0 Å². The van der Waals surface area contributed by atoms with E-state index in [2.05, 4.69) is 610 Å². The van der Waals surface area contributed by atoms with Gasteiger partial charge in [0.25, 0.3) is 0 Å². The van der Waals surface area contributed by atoms with E-state index >= 15 is 0 Å². The van der Waals surface area contributed by atoms with Gasteiger partial charge in [0.15, 0.2) is 0 Å². The molecule has 778 valence electrons. The fraction of sp³-hybridized carbons (Fsp3) is 0.612. The molecule has 0 saturated heterocycles. The van der Waals surface area contributed by atoms with Gasteiger partial charge in [0.1, 0.15) is 0 Å². The van der Waals surface area contributed by atoms with E-state index < -0.39 is 0 Å². The van der Waals surface area contributed by atoms with Crippen LogP contribution in [-0.4, -0.2) is 0 Å². The van der Waals surface area contributed by atoms with E-state index in [1.54, 1.807) is 50.2 Å². The number of hydrogen-bond acceptors (Lipinski definition) is 0. The third-order valence-corrected chi connectivity index (χ3v) is 27.5. The molecule has 139 heavy (non-hydrogen) atoms. The number of benzene rings is 6. The molecule has 0 saturated carbocycles. The van der Waals surface area contributed by atoms with Gasteiger partial charge in [0.05, 0.1) is 0 Å². The molecular formula is C139H222. The first-order valence-electron chi connectivity index (χ1n) is 53.6. The van der Waals surface area contributed by atoms with Crippen LogP contribution in [0, 0.1) is 43.3 Å². The fourth-order valence-electron chi connectivity index (χ4n) is 16.3. The third kappa shape index (κ3) is 44.6. The van der Waals surface area contributed by atoms with Crippen LogP contribution in [0.15, 0.2) is 250 Å². The van der Waals surface area contributed by atoms with E-state index in [9.17, 15) is 0 Å². The number of rotatable bonds is 0. The smallest absolute Gasteiger partial charge is 0.00558 e. The van der Waals surface area contributed by atoms with E-state index in [1.165, 1.54) is 91.6 Å². The highest BCUT2D eigenvalue weighted by Gasteiger charge is 2.35. The molecule has 0 aliphatic heterocycles.